The highest BCUT2D eigenvalue weighted by Crippen LogP contribution is 2.25. The summed E-state index contributed by atoms with van der Waals surface area (Å²) in [6, 6.07) is 2.23. The predicted molar refractivity (Wildman–Crippen MR) is 125 cm³/mol. The second-order valence-corrected chi connectivity index (χ2v) is 8.68. The highest BCUT2D eigenvalue weighted by atomic mass is 19.4. The van der Waals surface area contributed by atoms with Crippen LogP contribution in [-0.2, 0) is 16.1 Å². The number of aromatic nitrogens is 5. The topological polar surface area (TPSA) is 170 Å². The van der Waals surface area contributed by atoms with Gasteiger partial charge in [-0.3, -0.25) is 4.90 Å². The number of aliphatic hydroxyl groups excluding tert-OH is 1. The summed E-state index contributed by atoms with van der Waals surface area (Å²) in [6.07, 6.45) is -3.67. The number of aliphatic carboxylic acids is 2. The summed E-state index contributed by atoms with van der Waals surface area (Å²) in [5.74, 6) is -3.90. The third-order valence-electron chi connectivity index (χ3n) is 5.70. The molecule has 0 amide bonds. The Balaban J connectivity index is 0.000000333. The molecule has 0 saturated carbocycles. The van der Waals surface area contributed by atoms with Gasteiger partial charge in [-0.25, -0.2) is 19.3 Å². The molecule has 0 aliphatic carbocycles. The molecule has 0 aromatic carbocycles. The van der Waals surface area contributed by atoms with Crippen LogP contribution in [0.25, 0.3) is 0 Å². The highest BCUT2D eigenvalue weighted by Gasteiger charge is 2.38. The molecule has 4 rings (SSSR count). The Morgan fingerprint density at radius 1 is 1.02 bits per heavy atom. The van der Waals surface area contributed by atoms with Gasteiger partial charge in [-0.2, -0.15) is 31.3 Å². The monoisotopic (exact) mass is 586 g/mol. The number of carboxylic acid groups (broad SMARTS) is 2. The van der Waals surface area contributed by atoms with E-state index in [1.165, 1.54) is 0 Å². The van der Waals surface area contributed by atoms with Gasteiger partial charge in [0.1, 0.15) is 5.82 Å². The summed E-state index contributed by atoms with van der Waals surface area (Å²) < 4.78 is 65.5. The fourth-order valence-corrected chi connectivity index (χ4v) is 3.72. The average molecular weight is 586 g/mol. The Hall–Kier alpha value is -3.74. The maximum atomic E-state index is 10.6. The number of nitrogens with one attached hydrogen (secondary N) is 1. The van der Waals surface area contributed by atoms with Gasteiger partial charge in [0.2, 0.25) is 5.95 Å². The summed E-state index contributed by atoms with van der Waals surface area (Å²) >= 11 is 0. The van der Waals surface area contributed by atoms with Gasteiger partial charge in [-0.05, 0) is 25.3 Å². The zero-order chi connectivity index (χ0) is 30.1. The lowest BCUT2D eigenvalue weighted by molar-refractivity contribution is -0.193. The van der Waals surface area contributed by atoms with Crippen LogP contribution in [0.4, 0.5) is 38.1 Å². The molecular weight excluding hydrogens is 558 g/mol. The molecule has 4 heterocycles. The molecule has 0 radical (unpaired) electrons. The zero-order valence-electron chi connectivity index (χ0n) is 21.1. The van der Waals surface area contributed by atoms with Crippen molar-refractivity contribution < 1.29 is 51.3 Å². The molecular formula is C21H28F6N8O5. The van der Waals surface area contributed by atoms with Crippen molar-refractivity contribution in [3.8, 4) is 0 Å². The number of hydrogen-bond donors (Lipinski definition) is 4. The first-order valence-corrected chi connectivity index (χ1v) is 11.8. The molecule has 13 nitrogen and oxygen atoms in total. The van der Waals surface area contributed by atoms with E-state index in [4.69, 9.17) is 19.8 Å². The van der Waals surface area contributed by atoms with Gasteiger partial charge >= 0.3 is 24.3 Å². The quantitative estimate of drug-likeness (QED) is 0.375. The van der Waals surface area contributed by atoms with Crippen molar-refractivity contribution in [3.05, 3.63) is 24.2 Å². The number of aliphatic hydroxyl groups is 1. The van der Waals surface area contributed by atoms with E-state index < -0.39 is 24.3 Å². The van der Waals surface area contributed by atoms with Crippen LogP contribution in [0.1, 0.15) is 31.0 Å². The fraction of sp³-hybridized carbons (Fsp3) is 0.619. The summed E-state index contributed by atoms with van der Waals surface area (Å²) in [5.41, 5.74) is 0.978. The lowest BCUT2D eigenvalue weighted by Gasteiger charge is -2.31. The minimum Gasteiger partial charge on any atom is -0.475 e. The standard InChI is InChI=1S/C17H26N8O.2C2HF3O2/c1-18-16-2-6-19-17(20-16)24-8-3-14(4-9-24)25-11-13(21-22-25)10-23-7-5-15(26)12-23;2*3-2(4,5)1(6)7/h2,6,11,14-15,26H,3-5,7-10,12H2,1H3,(H,18,19,20);2*(H,6,7)/t15-;;/m1../s1. The average Bonchev–Trinajstić information content (AvgIpc) is 3.52. The van der Waals surface area contributed by atoms with E-state index in [-0.39, 0.29) is 6.10 Å². The second kappa shape index (κ2) is 14.1. The van der Waals surface area contributed by atoms with Crippen LogP contribution in [0.3, 0.4) is 0 Å². The smallest absolute Gasteiger partial charge is 0.475 e. The van der Waals surface area contributed by atoms with Crippen LogP contribution >= 0.6 is 0 Å². The first kappa shape index (κ1) is 32.5. The summed E-state index contributed by atoms with van der Waals surface area (Å²) in [5, 5.41) is 35.6. The van der Waals surface area contributed by atoms with Crippen LogP contribution in [0.2, 0.25) is 0 Å². The van der Waals surface area contributed by atoms with Gasteiger partial charge in [-0.1, -0.05) is 5.21 Å². The van der Waals surface area contributed by atoms with Gasteiger partial charge in [-0.15, -0.1) is 5.10 Å². The zero-order valence-corrected chi connectivity index (χ0v) is 21.1. The molecule has 19 heteroatoms. The Morgan fingerprint density at radius 2 is 1.60 bits per heavy atom. The molecule has 1 atom stereocenters. The molecule has 2 aliphatic heterocycles. The van der Waals surface area contributed by atoms with Gasteiger partial charge < -0.3 is 25.5 Å². The molecule has 224 valence electrons. The Morgan fingerprint density at radius 3 is 2.08 bits per heavy atom. The van der Waals surface area contributed by atoms with Crippen molar-refractivity contribution in [1.29, 1.82) is 0 Å². The Bertz CT molecular complexity index is 1080. The van der Waals surface area contributed by atoms with Crippen molar-refractivity contribution in [2.45, 2.75) is 50.3 Å². The molecule has 0 unspecified atom stereocenters. The van der Waals surface area contributed by atoms with Crippen molar-refractivity contribution in [2.75, 3.05) is 43.4 Å². The van der Waals surface area contributed by atoms with Crippen molar-refractivity contribution in [3.63, 3.8) is 0 Å². The van der Waals surface area contributed by atoms with E-state index in [9.17, 15) is 31.4 Å². The number of β-amino-alcohol motifs (C(OH)–C–C–N with tert-alkyl or cyclic N) is 1. The Labute approximate surface area is 223 Å². The van der Waals surface area contributed by atoms with Crippen LogP contribution in [-0.4, -0.2) is 109 Å². The maximum Gasteiger partial charge on any atom is 0.490 e. The highest BCUT2D eigenvalue weighted by molar-refractivity contribution is 5.73. The molecule has 40 heavy (non-hydrogen) atoms. The fourth-order valence-electron chi connectivity index (χ4n) is 3.72. The van der Waals surface area contributed by atoms with Gasteiger partial charge in [0.05, 0.1) is 24.0 Å². The number of likely N-dealkylation sites (tertiary alicyclic amines) is 1. The first-order valence-electron chi connectivity index (χ1n) is 11.8. The predicted octanol–water partition coefficient (Wildman–Crippen LogP) is 1.78. The van der Waals surface area contributed by atoms with Crippen molar-refractivity contribution in [1.82, 2.24) is 29.9 Å². The number of anilines is 2. The van der Waals surface area contributed by atoms with E-state index in [1.807, 2.05) is 17.8 Å². The maximum absolute atomic E-state index is 10.6. The van der Waals surface area contributed by atoms with Gasteiger partial charge in [0.25, 0.3) is 0 Å². The van der Waals surface area contributed by atoms with Crippen LogP contribution in [0, 0.1) is 0 Å². The van der Waals surface area contributed by atoms with Crippen LogP contribution in [0.5, 0.6) is 0 Å². The normalized spacial score (nSPS) is 18.3. The molecule has 2 aromatic rings. The first-order chi connectivity index (χ1) is 18.6. The third-order valence-corrected chi connectivity index (χ3v) is 5.70. The van der Waals surface area contributed by atoms with Gasteiger partial charge in [0, 0.05) is 46.0 Å². The summed E-state index contributed by atoms with van der Waals surface area (Å²) in [6.45, 7) is 4.24. The molecule has 2 saturated heterocycles. The van der Waals surface area contributed by atoms with Crippen LogP contribution < -0.4 is 10.2 Å². The van der Waals surface area contributed by atoms with Gasteiger partial charge in [0.15, 0.2) is 0 Å². The molecule has 2 aromatic heterocycles. The number of alkyl halides is 6. The van der Waals surface area contributed by atoms with Crippen molar-refractivity contribution in [2.24, 2.45) is 0 Å². The number of piperidine rings is 1. The molecule has 2 fully saturated rings. The largest absolute Gasteiger partial charge is 0.490 e. The number of rotatable bonds is 5. The van der Waals surface area contributed by atoms with E-state index in [1.54, 1.807) is 6.20 Å². The SMILES string of the molecule is CNc1ccnc(N2CCC(n3cc(CN4CC[C@@H](O)C4)nn3)CC2)n1.O=C(O)C(F)(F)F.O=C(O)C(F)(F)F. The minimum absolute atomic E-state index is 0.196. The lowest BCUT2D eigenvalue weighted by atomic mass is 10.1. The number of carboxylic acids is 2. The third kappa shape index (κ3) is 10.4. The molecule has 0 bridgehead atoms. The van der Waals surface area contributed by atoms with E-state index in [0.29, 0.717) is 6.04 Å². The molecule has 2 aliphatic rings. The summed E-state index contributed by atoms with van der Waals surface area (Å²) in [7, 11) is 1.86. The summed E-state index contributed by atoms with van der Waals surface area (Å²) in [4.78, 5) is 31.2. The number of carbonyl (C=O) groups is 2. The van der Waals surface area contributed by atoms with E-state index in [2.05, 4.69) is 41.6 Å². The Kier molecular flexibility index (Phi) is 11.4. The lowest BCUT2D eigenvalue weighted by Crippen LogP contribution is -2.36. The number of halogens is 6. The van der Waals surface area contributed by atoms with Crippen molar-refractivity contribution >= 4 is 23.7 Å². The van der Waals surface area contributed by atoms with E-state index in [0.717, 1.165) is 69.4 Å². The van der Waals surface area contributed by atoms with Crippen LogP contribution in [0.15, 0.2) is 18.5 Å². The number of nitrogens with zero attached hydrogens (tertiary/aromatic N) is 7. The van der Waals surface area contributed by atoms with E-state index >= 15 is 0 Å². The second-order valence-electron chi connectivity index (χ2n) is 8.68. The molecule has 0 spiro atoms. The minimum atomic E-state index is -5.08. The number of hydrogen-bond acceptors (Lipinski definition) is 10. The molecule has 4 N–H and O–H groups in total.